The van der Waals surface area contributed by atoms with Crippen LogP contribution in [0.15, 0.2) is 96.2 Å². The number of anilines is 3. The van der Waals surface area contributed by atoms with Gasteiger partial charge in [-0.15, -0.1) is 4.91 Å². The van der Waals surface area contributed by atoms with E-state index in [4.69, 9.17) is 45.3 Å². The van der Waals surface area contributed by atoms with Crippen LogP contribution in [0.4, 0.5) is 28.4 Å². The number of nitroso groups, excluding NO2 is 1. The van der Waals surface area contributed by atoms with E-state index in [1.54, 1.807) is 60.7 Å². The Labute approximate surface area is 414 Å². The monoisotopic (exact) mass is 1410 g/mol. The molecule has 0 unspecified atom stereocenters. The summed E-state index contributed by atoms with van der Waals surface area (Å²) >= 11 is 9.98. The smallest absolute Gasteiger partial charge is 0.283 e. The molecule has 0 aliphatic rings. The molecule has 0 saturated carbocycles. The van der Waals surface area contributed by atoms with E-state index in [-0.39, 0.29) is 27.9 Å². The largest absolute Gasteiger partial charge is 0.412 e. The van der Waals surface area contributed by atoms with Crippen LogP contribution in [0.2, 0.25) is 0 Å². The zero-order valence-corrected chi connectivity index (χ0v) is 41.5. The summed E-state index contributed by atoms with van der Waals surface area (Å²) in [6.07, 6.45) is 0. The van der Waals surface area contributed by atoms with E-state index >= 15 is 0 Å². The van der Waals surface area contributed by atoms with Gasteiger partial charge in [-0.25, -0.2) is 0 Å². The predicted molar refractivity (Wildman–Crippen MR) is 272 cm³/mol. The molecule has 20 N–H and O–H groups in total. The number of halogens is 5. The Morgan fingerprint density at radius 1 is 0.525 bits per heavy atom. The summed E-state index contributed by atoms with van der Waals surface area (Å²) < 4.78 is 3.85. The topological polar surface area (TPSA) is 435 Å². The Morgan fingerprint density at radius 3 is 1.16 bits per heavy atom. The molecule has 5 amide bonds. The summed E-state index contributed by atoms with van der Waals surface area (Å²) in [5.41, 5.74) is 41.6. The van der Waals surface area contributed by atoms with Crippen LogP contribution in [-0.2, 0) is 0 Å². The highest BCUT2D eigenvalue weighted by Crippen LogP contribution is 2.23. The minimum absolute atomic E-state index is 0. The van der Waals surface area contributed by atoms with Gasteiger partial charge in [0, 0.05) is 59.5 Å². The molecule has 5 rings (SSSR count). The molecule has 0 aliphatic heterocycles. The second-order valence-corrected chi connectivity index (χ2v) is 16.6. The first kappa shape index (κ1) is 58.5. The van der Waals surface area contributed by atoms with Crippen LogP contribution in [0.3, 0.4) is 0 Å². The van der Waals surface area contributed by atoms with E-state index in [9.17, 15) is 39.0 Å². The Balaban J connectivity index is 0. The first-order valence-electron chi connectivity index (χ1n) is 15.4. The van der Waals surface area contributed by atoms with E-state index in [0.717, 1.165) is 10.7 Å². The number of carbonyl (C=O) groups excluding carboxylic acids is 5. The molecule has 26 heteroatoms. The van der Waals surface area contributed by atoms with Gasteiger partial charge in [0.05, 0.1) is 14.2 Å². The molecular formula is C35H35I5N10O11. The Bertz CT molecular complexity index is 2330. The molecule has 0 aromatic heterocycles. The summed E-state index contributed by atoms with van der Waals surface area (Å²) in [5.74, 6) is -2.64. The van der Waals surface area contributed by atoms with Gasteiger partial charge >= 0.3 is 0 Å². The molecule has 0 spiro atoms. The zero-order valence-electron chi connectivity index (χ0n) is 30.7. The van der Waals surface area contributed by atoms with Crippen molar-refractivity contribution >= 4 is 171 Å². The van der Waals surface area contributed by atoms with Crippen molar-refractivity contribution in [3.05, 3.63) is 152 Å². The molecule has 0 saturated heterocycles. The van der Waals surface area contributed by atoms with E-state index < -0.39 is 34.5 Å². The van der Waals surface area contributed by atoms with Gasteiger partial charge in [-0.1, -0.05) is 0 Å². The van der Waals surface area contributed by atoms with Crippen molar-refractivity contribution in [2.45, 2.75) is 0 Å². The number of nitrogens with two attached hydrogens (primary N) is 7. The summed E-state index contributed by atoms with van der Waals surface area (Å²) in [4.78, 5) is 73.4. The lowest BCUT2D eigenvalue weighted by Gasteiger charge is -2.03. The second kappa shape index (κ2) is 28.8. The number of nitrogens with zero attached hydrogens (tertiary/aromatic N) is 2. The number of benzene rings is 5. The minimum Gasteiger partial charge on any atom is -0.412 e. The number of carbonyl (C=O) groups is 5. The highest BCUT2D eigenvalue weighted by Gasteiger charge is 2.14. The first-order chi connectivity index (χ1) is 27.5. The van der Waals surface area contributed by atoms with Gasteiger partial charge in [-0.05, 0) is 203 Å². The average molecular weight is 1410 g/mol. The number of nitrogen functional groups attached to an aromatic ring is 2. The molecule has 0 bridgehead atoms. The van der Waals surface area contributed by atoms with Crippen LogP contribution in [0.1, 0.15) is 51.8 Å². The van der Waals surface area contributed by atoms with Crippen LogP contribution in [0.5, 0.6) is 0 Å². The quantitative estimate of drug-likeness (QED) is 0.0339. The van der Waals surface area contributed by atoms with Crippen LogP contribution in [-0.4, -0.2) is 50.6 Å². The van der Waals surface area contributed by atoms with E-state index in [1.807, 2.05) is 73.3 Å². The SMILES string of the molecule is NC(=O)c1ccc(I)c(N)c1.NC(=O)c1ccc(I)c(N)c1.NC(=O)c1ccc(I)c(N=O)c1.NC(=O)c1ccc(I)c(NO)c1.NC(=O)c1ccc(I)c([N+](=O)[O-])c1.O.O. The van der Waals surface area contributed by atoms with Gasteiger partial charge in [0.15, 0.2) is 0 Å². The van der Waals surface area contributed by atoms with Crippen molar-refractivity contribution in [3.63, 3.8) is 0 Å². The molecule has 0 heterocycles. The number of primary amides is 5. The average Bonchev–Trinajstić information content (AvgIpc) is 3.18. The normalized spacial score (nSPS) is 9.21. The standard InChI is InChI=1S/C7H5IN2O3.C7H7IN2O2.C7H5IN2O2.2C7H7IN2O.2H2O/c8-5-2-1-4(7(9)11)3-6(5)10(12)13;2*8-5-2-1-4(7(9)11)3-6(5)10-12;2*8-5-2-1-4(7(10)11)3-6(5)9;;/h1-3H,(H2,9,11);1-3,10,12H,(H2,9,11);1-3H,(H2,9,11);2*1-3H,9H2,(H2,10,11);2*1H2. The lowest BCUT2D eigenvalue weighted by Crippen LogP contribution is -2.11. The third-order valence-electron chi connectivity index (χ3n) is 6.69. The van der Waals surface area contributed by atoms with Gasteiger partial charge in [0.1, 0.15) is 5.69 Å². The number of hydrogen-bond acceptors (Lipinski definition) is 13. The van der Waals surface area contributed by atoms with Crippen LogP contribution in [0.25, 0.3) is 0 Å². The fraction of sp³-hybridized carbons (Fsp3) is 0. The molecule has 61 heavy (non-hydrogen) atoms. The molecule has 0 aliphatic carbocycles. The molecule has 5 aromatic rings. The molecule has 0 atom stereocenters. The summed E-state index contributed by atoms with van der Waals surface area (Å²) in [6.45, 7) is 0. The lowest BCUT2D eigenvalue weighted by atomic mass is 10.2. The number of nitrogens with one attached hydrogen (secondary N) is 1. The molecule has 0 fully saturated rings. The van der Waals surface area contributed by atoms with Gasteiger partial charge in [0.25, 0.3) is 5.69 Å². The van der Waals surface area contributed by atoms with Crippen molar-refractivity contribution in [2.24, 2.45) is 33.8 Å². The summed E-state index contributed by atoms with van der Waals surface area (Å²) in [7, 11) is 0. The fourth-order valence-corrected chi connectivity index (χ4v) is 5.79. The van der Waals surface area contributed by atoms with Crippen molar-refractivity contribution in [2.75, 3.05) is 16.9 Å². The van der Waals surface area contributed by atoms with Gasteiger partial charge in [-0.2, -0.15) is 0 Å². The van der Waals surface area contributed by atoms with Crippen molar-refractivity contribution in [3.8, 4) is 0 Å². The maximum atomic E-state index is 10.7. The molecule has 326 valence electrons. The number of rotatable bonds is 8. The highest BCUT2D eigenvalue weighted by atomic mass is 127. The summed E-state index contributed by atoms with van der Waals surface area (Å²) in [6, 6.07) is 23.4. The van der Waals surface area contributed by atoms with Gasteiger partial charge in [0.2, 0.25) is 29.5 Å². The third-order valence-corrected chi connectivity index (χ3v) is 11.4. The number of amides is 5. The van der Waals surface area contributed by atoms with Gasteiger partial charge in [-0.3, -0.25) is 44.8 Å². The van der Waals surface area contributed by atoms with Crippen molar-refractivity contribution in [1.82, 2.24) is 0 Å². The number of hydrogen-bond donors (Lipinski definition) is 9. The maximum Gasteiger partial charge on any atom is 0.283 e. The third kappa shape index (κ3) is 20.2. The molecule has 21 nitrogen and oxygen atoms in total. The van der Waals surface area contributed by atoms with E-state index in [0.29, 0.717) is 46.5 Å². The lowest BCUT2D eigenvalue weighted by molar-refractivity contribution is -0.385. The van der Waals surface area contributed by atoms with E-state index in [1.165, 1.54) is 30.3 Å². The van der Waals surface area contributed by atoms with Gasteiger partial charge < -0.3 is 51.1 Å². The number of nitro groups is 1. The predicted octanol–water partition coefficient (Wildman–Crippen LogP) is 4.57. The Morgan fingerprint density at radius 2 is 0.836 bits per heavy atom. The van der Waals surface area contributed by atoms with Crippen LogP contribution in [0, 0.1) is 32.9 Å². The first-order valence-corrected chi connectivity index (χ1v) is 20.8. The summed E-state index contributed by atoms with van der Waals surface area (Å²) in [5, 5.41) is 21.8. The van der Waals surface area contributed by atoms with Crippen molar-refractivity contribution in [1.29, 1.82) is 0 Å². The van der Waals surface area contributed by atoms with Crippen LogP contribution >= 0.6 is 113 Å². The molecule has 5 aromatic carbocycles. The Hall–Kier alpha value is -4.62. The fourth-order valence-electron chi connectivity index (χ4n) is 3.70. The Kier molecular flexibility index (Phi) is 27.6. The second-order valence-electron chi connectivity index (χ2n) is 10.8. The minimum atomic E-state index is -0.667. The number of nitro benzene ring substituents is 1. The molecular weight excluding hydrogens is 1370 g/mol. The van der Waals surface area contributed by atoms with E-state index in [2.05, 4.69) is 50.4 Å². The van der Waals surface area contributed by atoms with Crippen LogP contribution < -0.4 is 45.6 Å². The zero-order chi connectivity index (χ0) is 45.1. The van der Waals surface area contributed by atoms with Crippen molar-refractivity contribution < 1.29 is 45.1 Å². The maximum absolute atomic E-state index is 10.7. The molecule has 0 radical (unpaired) electrons. The highest BCUT2D eigenvalue weighted by molar-refractivity contribution is 14.1.